The highest BCUT2D eigenvalue weighted by Gasteiger charge is 2.35. The van der Waals surface area contributed by atoms with E-state index in [0.717, 1.165) is 33.6 Å². The summed E-state index contributed by atoms with van der Waals surface area (Å²) in [4.78, 5) is 18.0. The van der Waals surface area contributed by atoms with Crippen LogP contribution in [-0.2, 0) is 9.53 Å². The number of fused-ring (bicyclic) bond motifs is 3. The second kappa shape index (κ2) is 6.81. The van der Waals surface area contributed by atoms with Crippen LogP contribution >= 0.6 is 0 Å². The fourth-order valence-corrected chi connectivity index (χ4v) is 5.63. The molecule has 1 N–H and O–H groups in total. The van der Waals surface area contributed by atoms with Crippen molar-refractivity contribution in [2.75, 3.05) is 12.4 Å². The molecule has 0 saturated carbocycles. The van der Waals surface area contributed by atoms with E-state index in [1.165, 1.54) is 34.0 Å². The standard InChI is InChI=1S/C29H21N3O2/c1-16-24(28(33)34-2)27(32-23-9-4-3-8-22(23)31-29(32)30-16)21-15-13-19-11-10-17-6-5-7-18-12-14-20(21)26(19)25(17)18/h3-15,27H,1-2H3,(H,30,31). The number of aromatic nitrogens is 2. The first-order valence-electron chi connectivity index (χ1n) is 11.3. The second-order valence-corrected chi connectivity index (χ2v) is 8.86. The van der Waals surface area contributed by atoms with Crippen LogP contribution in [0.5, 0.6) is 0 Å². The van der Waals surface area contributed by atoms with Gasteiger partial charge in [0.1, 0.15) is 0 Å². The number of hydrogen-bond acceptors (Lipinski definition) is 4. The summed E-state index contributed by atoms with van der Waals surface area (Å²) in [6.45, 7) is 1.91. The molecule has 1 unspecified atom stereocenters. The van der Waals surface area contributed by atoms with Crippen molar-refractivity contribution in [1.29, 1.82) is 0 Å². The molecular formula is C29H21N3O2. The van der Waals surface area contributed by atoms with Crippen molar-refractivity contribution in [3.8, 4) is 0 Å². The van der Waals surface area contributed by atoms with Crippen LogP contribution in [0.15, 0.2) is 90.1 Å². The van der Waals surface area contributed by atoms with Crippen molar-refractivity contribution in [3.05, 3.63) is 95.7 Å². The Bertz CT molecular complexity index is 1800. The van der Waals surface area contributed by atoms with Gasteiger partial charge in [0.15, 0.2) is 0 Å². The molecule has 0 radical (unpaired) electrons. The molecule has 5 heteroatoms. The number of allylic oxidation sites excluding steroid dienone is 1. The lowest BCUT2D eigenvalue weighted by Crippen LogP contribution is -2.28. The molecule has 0 aliphatic carbocycles. The zero-order valence-electron chi connectivity index (χ0n) is 18.8. The van der Waals surface area contributed by atoms with Crippen molar-refractivity contribution in [3.63, 3.8) is 0 Å². The van der Waals surface area contributed by atoms with Crippen LogP contribution in [-0.4, -0.2) is 22.6 Å². The lowest BCUT2D eigenvalue weighted by atomic mass is 9.87. The van der Waals surface area contributed by atoms with Crippen molar-refractivity contribution in [1.82, 2.24) is 9.55 Å². The number of rotatable bonds is 2. The third-order valence-corrected chi connectivity index (χ3v) is 7.09. The molecule has 34 heavy (non-hydrogen) atoms. The Kier molecular flexibility index (Phi) is 3.83. The Balaban J connectivity index is 1.62. The number of carbonyl (C=O) groups excluding carboxylic acids is 1. The topological polar surface area (TPSA) is 56.1 Å². The molecule has 2 heterocycles. The number of methoxy groups -OCH3 is 1. The number of para-hydroxylation sites is 2. The molecule has 5 aromatic carbocycles. The smallest absolute Gasteiger partial charge is 0.337 e. The first-order valence-corrected chi connectivity index (χ1v) is 11.3. The van der Waals surface area contributed by atoms with Crippen molar-refractivity contribution >= 4 is 55.3 Å². The average molecular weight is 444 g/mol. The number of anilines is 1. The summed E-state index contributed by atoms with van der Waals surface area (Å²) in [7, 11) is 1.44. The van der Waals surface area contributed by atoms with E-state index in [-0.39, 0.29) is 12.0 Å². The van der Waals surface area contributed by atoms with Gasteiger partial charge in [-0.3, -0.25) is 4.57 Å². The first kappa shape index (κ1) is 19.1. The largest absolute Gasteiger partial charge is 0.466 e. The van der Waals surface area contributed by atoms with Gasteiger partial charge in [0.2, 0.25) is 5.95 Å². The zero-order chi connectivity index (χ0) is 23.0. The molecule has 0 bridgehead atoms. The van der Waals surface area contributed by atoms with E-state index in [0.29, 0.717) is 5.57 Å². The van der Waals surface area contributed by atoms with E-state index in [1.54, 1.807) is 0 Å². The maximum atomic E-state index is 13.1. The molecule has 1 aliphatic heterocycles. The highest BCUT2D eigenvalue weighted by atomic mass is 16.5. The quantitative estimate of drug-likeness (QED) is 0.249. The molecule has 0 saturated heterocycles. The van der Waals surface area contributed by atoms with E-state index >= 15 is 0 Å². The van der Waals surface area contributed by atoms with Gasteiger partial charge in [-0.25, -0.2) is 9.78 Å². The predicted molar refractivity (Wildman–Crippen MR) is 136 cm³/mol. The van der Waals surface area contributed by atoms with Gasteiger partial charge in [0.25, 0.3) is 0 Å². The fraction of sp³-hybridized carbons (Fsp3) is 0.103. The summed E-state index contributed by atoms with van der Waals surface area (Å²) < 4.78 is 7.40. The number of hydrogen-bond donors (Lipinski definition) is 1. The monoisotopic (exact) mass is 443 g/mol. The molecule has 0 amide bonds. The Morgan fingerprint density at radius 1 is 0.882 bits per heavy atom. The van der Waals surface area contributed by atoms with Crippen molar-refractivity contribution in [2.45, 2.75) is 13.0 Å². The number of ether oxygens (including phenoxy) is 1. The van der Waals surface area contributed by atoms with Crippen molar-refractivity contribution in [2.24, 2.45) is 0 Å². The summed E-state index contributed by atoms with van der Waals surface area (Å²) >= 11 is 0. The predicted octanol–water partition coefficient (Wildman–Crippen LogP) is 6.40. The summed E-state index contributed by atoms with van der Waals surface area (Å²) in [5, 5.41) is 10.6. The number of esters is 1. The second-order valence-electron chi connectivity index (χ2n) is 8.86. The highest BCUT2D eigenvalue weighted by Crippen LogP contribution is 2.44. The van der Waals surface area contributed by atoms with Crippen LogP contribution in [0.2, 0.25) is 0 Å². The molecule has 0 fully saturated rings. The van der Waals surface area contributed by atoms with Crippen LogP contribution < -0.4 is 5.32 Å². The van der Waals surface area contributed by atoms with E-state index in [2.05, 4.69) is 64.5 Å². The molecule has 1 aromatic heterocycles. The number of carbonyl (C=O) groups is 1. The van der Waals surface area contributed by atoms with E-state index in [4.69, 9.17) is 9.72 Å². The van der Waals surface area contributed by atoms with Gasteiger partial charge in [-0.15, -0.1) is 0 Å². The van der Waals surface area contributed by atoms with Crippen LogP contribution in [0.3, 0.4) is 0 Å². The summed E-state index contributed by atoms with van der Waals surface area (Å²) in [5.74, 6) is 0.381. The summed E-state index contributed by atoms with van der Waals surface area (Å²) in [5.41, 5.74) is 4.25. The molecule has 7 rings (SSSR count). The van der Waals surface area contributed by atoms with Gasteiger partial charge >= 0.3 is 5.97 Å². The Morgan fingerprint density at radius 2 is 1.59 bits per heavy atom. The SMILES string of the molecule is COC(=O)C1=C(C)Nc2nc3ccccc3n2C1c1ccc2ccc3cccc4ccc1c2c34. The summed E-state index contributed by atoms with van der Waals surface area (Å²) in [6.07, 6.45) is 0. The number of nitrogens with zero attached hydrogens (tertiary/aromatic N) is 2. The highest BCUT2D eigenvalue weighted by molar-refractivity contribution is 6.23. The Morgan fingerprint density at radius 3 is 2.38 bits per heavy atom. The minimum atomic E-state index is -0.374. The van der Waals surface area contributed by atoms with Gasteiger partial charge < -0.3 is 10.1 Å². The van der Waals surface area contributed by atoms with E-state index < -0.39 is 0 Å². The maximum Gasteiger partial charge on any atom is 0.337 e. The number of imidazole rings is 1. The fourth-order valence-electron chi connectivity index (χ4n) is 5.63. The number of benzene rings is 5. The minimum absolute atomic E-state index is 0.343. The number of nitrogens with one attached hydrogen (secondary N) is 1. The molecule has 1 atom stereocenters. The van der Waals surface area contributed by atoms with E-state index in [1.807, 2.05) is 31.2 Å². The van der Waals surface area contributed by atoms with Gasteiger partial charge in [-0.1, -0.05) is 66.7 Å². The molecule has 1 aliphatic rings. The molecule has 5 nitrogen and oxygen atoms in total. The average Bonchev–Trinajstić information content (AvgIpc) is 3.24. The van der Waals surface area contributed by atoms with Gasteiger partial charge in [0, 0.05) is 5.70 Å². The van der Waals surface area contributed by atoms with Gasteiger partial charge in [-0.05, 0) is 56.9 Å². The Hall–Kier alpha value is -4.38. The van der Waals surface area contributed by atoms with Crippen molar-refractivity contribution < 1.29 is 9.53 Å². The maximum absolute atomic E-state index is 13.1. The molecule has 0 spiro atoms. The minimum Gasteiger partial charge on any atom is -0.466 e. The molecular weight excluding hydrogens is 422 g/mol. The van der Waals surface area contributed by atoms with Gasteiger partial charge in [-0.2, -0.15) is 0 Å². The van der Waals surface area contributed by atoms with Crippen LogP contribution in [0, 0.1) is 0 Å². The molecule has 6 aromatic rings. The lowest BCUT2D eigenvalue weighted by molar-refractivity contribution is -0.136. The third-order valence-electron chi connectivity index (χ3n) is 7.09. The third kappa shape index (κ3) is 2.44. The van der Waals surface area contributed by atoms with Crippen LogP contribution in [0.25, 0.3) is 43.4 Å². The van der Waals surface area contributed by atoms with Crippen LogP contribution in [0.1, 0.15) is 18.5 Å². The normalized spacial score (nSPS) is 15.9. The molecule has 164 valence electrons. The first-order chi connectivity index (χ1) is 16.7. The van der Waals surface area contributed by atoms with Crippen LogP contribution in [0.4, 0.5) is 5.95 Å². The van der Waals surface area contributed by atoms with Gasteiger partial charge in [0.05, 0.1) is 29.8 Å². The summed E-state index contributed by atoms with van der Waals surface area (Å²) in [6, 6.07) is 27.1. The Labute approximate surface area is 195 Å². The zero-order valence-corrected chi connectivity index (χ0v) is 18.8. The van der Waals surface area contributed by atoms with E-state index in [9.17, 15) is 4.79 Å². The lowest BCUT2D eigenvalue weighted by Gasteiger charge is -2.31.